The van der Waals surface area contributed by atoms with Crippen LogP contribution in [0.2, 0.25) is 0 Å². The lowest BCUT2D eigenvalue weighted by molar-refractivity contribution is -0.146. The number of benzene rings is 2. The molecule has 2 aromatic rings. The zero-order valence-corrected chi connectivity index (χ0v) is 15.2. The highest BCUT2D eigenvalue weighted by atomic mass is 19.1. The maximum atomic E-state index is 14.4. The van der Waals surface area contributed by atoms with E-state index in [1.807, 2.05) is 6.07 Å². The normalized spacial score (nSPS) is 21.4. The molecule has 3 rings (SSSR count). The maximum absolute atomic E-state index is 14.4. The van der Waals surface area contributed by atoms with E-state index in [1.54, 1.807) is 24.3 Å². The van der Waals surface area contributed by atoms with Crippen LogP contribution in [-0.2, 0) is 26.4 Å². The lowest BCUT2D eigenvalue weighted by atomic mass is 9.81. The highest BCUT2D eigenvalue weighted by Gasteiger charge is 2.53. The number of halogens is 2. The molecule has 2 unspecified atom stereocenters. The number of nitrogens with two attached hydrogens (primary N) is 1. The lowest BCUT2D eigenvalue weighted by Gasteiger charge is -2.29. The van der Waals surface area contributed by atoms with Crippen LogP contribution in [0.25, 0.3) is 0 Å². The van der Waals surface area contributed by atoms with Gasteiger partial charge in [-0.05, 0) is 17.7 Å². The smallest absolute Gasteiger partial charge is 0.410 e. The van der Waals surface area contributed by atoms with E-state index < -0.39 is 40.7 Å². The fraction of sp³-hybridized carbons (Fsp3) is 0.300. The summed E-state index contributed by atoms with van der Waals surface area (Å²) in [6.45, 7) is -0.451. The van der Waals surface area contributed by atoms with E-state index in [4.69, 9.17) is 15.2 Å². The zero-order chi connectivity index (χ0) is 20.3. The van der Waals surface area contributed by atoms with Gasteiger partial charge in [-0.3, -0.25) is 4.79 Å². The van der Waals surface area contributed by atoms with Gasteiger partial charge in [0.25, 0.3) is 0 Å². The Morgan fingerprint density at radius 2 is 1.79 bits per heavy atom. The molecule has 1 saturated heterocycles. The molecule has 0 radical (unpaired) electrons. The van der Waals surface area contributed by atoms with Crippen molar-refractivity contribution < 1.29 is 27.8 Å². The summed E-state index contributed by atoms with van der Waals surface area (Å²) in [6.07, 6.45) is -0.734. The molecule has 148 valence electrons. The van der Waals surface area contributed by atoms with E-state index in [1.165, 1.54) is 6.07 Å². The molecule has 2 atom stereocenters. The van der Waals surface area contributed by atoms with E-state index in [9.17, 15) is 18.4 Å². The quantitative estimate of drug-likeness (QED) is 0.812. The number of esters is 1. The molecule has 0 aromatic heterocycles. The Kier molecular flexibility index (Phi) is 5.60. The molecule has 1 aliphatic heterocycles. The summed E-state index contributed by atoms with van der Waals surface area (Å²) < 4.78 is 38.8. The molecule has 0 saturated carbocycles. The number of likely N-dealkylation sites (tertiary alicyclic amines) is 1. The Morgan fingerprint density at radius 3 is 2.39 bits per heavy atom. The standard InChI is InChI=1S/C20H20F2N2O4/c1-27-18(25)14-10-24(19(26)28-11-13-6-3-2-4-7-13)12-20(14,23)17-15(21)8-5-9-16(17)22/h2-9,14H,10-12,23H2,1H3. The van der Waals surface area contributed by atoms with Crippen LogP contribution in [0.1, 0.15) is 11.1 Å². The highest BCUT2D eigenvalue weighted by molar-refractivity contribution is 5.78. The summed E-state index contributed by atoms with van der Waals surface area (Å²) in [7, 11) is 1.15. The third-order valence-electron chi connectivity index (χ3n) is 4.85. The molecule has 1 aliphatic rings. The minimum absolute atomic E-state index is 0.0185. The van der Waals surface area contributed by atoms with Crippen molar-refractivity contribution in [2.24, 2.45) is 11.7 Å². The minimum atomic E-state index is -1.78. The van der Waals surface area contributed by atoms with Crippen molar-refractivity contribution in [3.8, 4) is 0 Å². The third-order valence-corrected chi connectivity index (χ3v) is 4.85. The van der Waals surface area contributed by atoms with Crippen molar-refractivity contribution in [1.82, 2.24) is 4.90 Å². The minimum Gasteiger partial charge on any atom is -0.469 e. The van der Waals surface area contributed by atoms with Gasteiger partial charge in [0, 0.05) is 18.7 Å². The van der Waals surface area contributed by atoms with Gasteiger partial charge < -0.3 is 20.1 Å². The molecule has 1 heterocycles. The highest BCUT2D eigenvalue weighted by Crippen LogP contribution is 2.38. The Morgan fingerprint density at radius 1 is 1.14 bits per heavy atom. The molecule has 0 bridgehead atoms. The monoisotopic (exact) mass is 390 g/mol. The van der Waals surface area contributed by atoms with Crippen LogP contribution in [-0.4, -0.2) is 37.2 Å². The van der Waals surface area contributed by atoms with E-state index >= 15 is 0 Å². The topological polar surface area (TPSA) is 81.9 Å². The number of carbonyl (C=O) groups is 2. The molecule has 1 fully saturated rings. The van der Waals surface area contributed by atoms with Crippen LogP contribution < -0.4 is 5.73 Å². The largest absolute Gasteiger partial charge is 0.469 e. The average molecular weight is 390 g/mol. The second kappa shape index (κ2) is 7.93. The lowest BCUT2D eigenvalue weighted by Crippen LogP contribution is -2.49. The van der Waals surface area contributed by atoms with Crippen LogP contribution in [0, 0.1) is 17.6 Å². The molecule has 0 spiro atoms. The van der Waals surface area contributed by atoms with Gasteiger partial charge in [-0.2, -0.15) is 0 Å². The molecule has 1 amide bonds. The van der Waals surface area contributed by atoms with Crippen LogP contribution in [0.3, 0.4) is 0 Å². The molecule has 8 heteroatoms. The zero-order valence-electron chi connectivity index (χ0n) is 15.2. The summed E-state index contributed by atoms with van der Waals surface area (Å²) in [5, 5.41) is 0. The van der Waals surface area contributed by atoms with E-state index in [0.717, 1.165) is 29.7 Å². The van der Waals surface area contributed by atoms with Gasteiger partial charge in [0.15, 0.2) is 0 Å². The van der Waals surface area contributed by atoms with Gasteiger partial charge in [-0.25, -0.2) is 13.6 Å². The molecule has 6 nitrogen and oxygen atoms in total. The van der Waals surface area contributed by atoms with E-state index in [-0.39, 0.29) is 19.7 Å². The summed E-state index contributed by atoms with van der Waals surface area (Å²) in [6, 6.07) is 12.3. The van der Waals surface area contributed by atoms with Gasteiger partial charge >= 0.3 is 12.1 Å². The second-order valence-electron chi connectivity index (χ2n) is 6.63. The first-order valence-electron chi connectivity index (χ1n) is 8.63. The van der Waals surface area contributed by atoms with Crippen LogP contribution in [0.5, 0.6) is 0 Å². The third kappa shape index (κ3) is 3.68. The predicted octanol–water partition coefficient (Wildman–Crippen LogP) is 2.56. The molecule has 2 N–H and O–H groups in total. The second-order valence-corrected chi connectivity index (χ2v) is 6.63. The summed E-state index contributed by atoms with van der Waals surface area (Å²) in [5.41, 5.74) is 4.85. The first-order chi connectivity index (χ1) is 13.4. The van der Waals surface area contributed by atoms with Crippen molar-refractivity contribution in [3.05, 3.63) is 71.3 Å². The SMILES string of the molecule is COC(=O)C1CN(C(=O)OCc2ccccc2)CC1(N)c1c(F)cccc1F. The Bertz CT molecular complexity index is 858. The van der Waals surface area contributed by atoms with Gasteiger partial charge in [-0.1, -0.05) is 36.4 Å². The van der Waals surface area contributed by atoms with E-state index in [0.29, 0.717) is 0 Å². The molecule has 2 aromatic carbocycles. The molecule has 28 heavy (non-hydrogen) atoms. The number of ether oxygens (including phenoxy) is 2. The van der Waals surface area contributed by atoms with Gasteiger partial charge in [0.1, 0.15) is 18.2 Å². The predicted molar refractivity (Wildman–Crippen MR) is 95.9 cm³/mol. The van der Waals surface area contributed by atoms with Crippen molar-refractivity contribution in [3.63, 3.8) is 0 Å². The molecular formula is C20H20F2N2O4. The first kappa shape index (κ1) is 19.8. The van der Waals surface area contributed by atoms with Crippen molar-refractivity contribution in [2.45, 2.75) is 12.1 Å². The number of carbonyl (C=O) groups excluding carboxylic acids is 2. The van der Waals surface area contributed by atoms with Gasteiger partial charge in [-0.15, -0.1) is 0 Å². The number of hydrogen-bond acceptors (Lipinski definition) is 5. The van der Waals surface area contributed by atoms with E-state index in [2.05, 4.69) is 0 Å². The number of amides is 1. The Hall–Kier alpha value is -3.00. The van der Waals surface area contributed by atoms with Crippen LogP contribution in [0.15, 0.2) is 48.5 Å². The van der Waals surface area contributed by atoms with Crippen molar-refractivity contribution in [1.29, 1.82) is 0 Å². The summed E-state index contributed by atoms with van der Waals surface area (Å²) >= 11 is 0. The fourth-order valence-electron chi connectivity index (χ4n) is 3.45. The van der Waals surface area contributed by atoms with Crippen molar-refractivity contribution >= 4 is 12.1 Å². The number of methoxy groups -OCH3 is 1. The number of rotatable bonds is 4. The Labute approximate surface area is 160 Å². The van der Waals surface area contributed by atoms with Gasteiger partial charge in [0.2, 0.25) is 0 Å². The van der Waals surface area contributed by atoms with Crippen molar-refractivity contribution in [2.75, 3.05) is 20.2 Å². The number of nitrogens with zero attached hydrogens (tertiary/aromatic N) is 1. The summed E-state index contributed by atoms with van der Waals surface area (Å²) in [4.78, 5) is 25.9. The summed E-state index contributed by atoms with van der Waals surface area (Å²) in [5.74, 6) is -3.69. The fourth-order valence-corrected chi connectivity index (χ4v) is 3.45. The first-order valence-corrected chi connectivity index (χ1v) is 8.63. The Balaban J connectivity index is 1.84. The molecule has 0 aliphatic carbocycles. The van der Waals surface area contributed by atoms with Gasteiger partial charge in [0.05, 0.1) is 18.6 Å². The molecular weight excluding hydrogens is 370 g/mol. The average Bonchev–Trinajstić information content (AvgIpc) is 3.04. The number of hydrogen-bond donors (Lipinski definition) is 1. The maximum Gasteiger partial charge on any atom is 0.410 e. The van der Waals surface area contributed by atoms with Crippen LogP contribution in [0.4, 0.5) is 13.6 Å². The van der Waals surface area contributed by atoms with Crippen LogP contribution >= 0.6 is 0 Å².